The number of aryl methyl sites for hydroxylation is 2. The molecular formula is C20H33NO2S. The summed E-state index contributed by atoms with van der Waals surface area (Å²) in [5.41, 5.74) is 2.26. The largest absolute Gasteiger partial charge is 0.491 e. The third-order valence-corrected chi connectivity index (χ3v) is 5.22. The molecule has 0 fully saturated rings. The van der Waals surface area contributed by atoms with Gasteiger partial charge in [0.05, 0.1) is 6.04 Å². The lowest BCUT2D eigenvalue weighted by Crippen LogP contribution is -2.42. The maximum Gasteiger partial charge on any atom is 0.223 e. The Morgan fingerprint density at radius 1 is 1.25 bits per heavy atom. The first kappa shape index (κ1) is 20.9. The van der Waals surface area contributed by atoms with Gasteiger partial charge in [-0.2, -0.15) is 11.8 Å². The highest BCUT2D eigenvalue weighted by molar-refractivity contribution is 7.98. The highest BCUT2D eigenvalue weighted by Crippen LogP contribution is 2.23. The number of thioether (sulfide) groups is 1. The van der Waals surface area contributed by atoms with Gasteiger partial charge >= 0.3 is 0 Å². The van der Waals surface area contributed by atoms with Crippen molar-refractivity contribution in [3.8, 4) is 5.75 Å². The van der Waals surface area contributed by atoms with Crippen molar-refractivity contribution in [2.45, 2.75) is 53.5 Å². The third-order valence-electron chi connectivity index (χ3n) is 4.58. The summed E-state index contributed by atoms with van der Waals surface area (Å²) in [4.78, 5) is 12.6. The Hall–Kier alpha value is -1.16. The Balaban J connectivity index is 2.58. The molecule has 0 aliphatic rings. The Labute approximate surface area is 151 Å². The summed E-state index contributed by atoms with van der Waals surface area (Å²) in [6, 6.07) is 6.13. The summed E-state index contributed by atoms with van der Waals surface area (Å²) in [7, 11) is 0. The van der Waals surface area contributed by atoms with E-state index in [1.54, 1.807) is 11.8 Å². The van der Waals surface area contributed by atoms with Gasteiger partial charge in [0.1, 0.15) is 12.4 Å². The zero-order valence-corrected chi connectivity index (χ0v) is 16.8. The van der Waals surface area contributed by atoms with Crippen LogP contribution >= 0.6 is 11.8 Å². The molecule has 0 aromatic heterocycles. The number of hydrogen-bond acceptors (Lipinski definition) is 3. The van der Waals surface area contributed by atoms with Crippen molar-refractivity contribution in [2.75, 3.05) is 18.6 Å². The Bertz CT molecular complexity index is 498. The monoisotopic (exact) mass is 351 g/mol. The summed E-state index contributed by atoms with van der Waals surface area (Å²) in [5.74, 6) is 2.61. The number of hydrogen-bond donors (Lipinski definition) is 1. The molecule has 0 spiro atoms. The summed E-state index contributed by atoms with van der Waals surface area (Å²) in [6.45, 7) is 10.9. The molecule has 0 bridgehead atoms. The molecule has 4 heteroatoms. The highest BCUT2D eigenvalue weighted by Gasteiger charge is 2.24. The van der Waals surface area contributed by atoms with Crippen LogP contribution < -0.4 is 10.1 Å². The van der Waals surface area contributed by atoms with Crippen LogP contribution in [0.4, 0.5) is 0 Å². The summed E-state index contributed by atoms with van der Waals surface area (Å²) >= 11 is 1.80. The van der Waals surface area contributed by atoms with Crippen molar-refractivity contribution in [3.63, 3.8) is 0 Å². The molecule has 1 aromatic rings. The number of amides is 1. The number of rotatable bonds is 10. The standard InChI is InChI=1S/C20H33NO2S/c1-7-14(2)18(11-12-24-6)20(22)21-17(5)13-23-19-15(3)9-8-10-16(19)4/h8-10,14,17-18H,7,11-13H2,1-6H3,(H,21,22). The molecule has 3 atom stereocenters. The van der Waals surface area contributed by atoms with Gasteiger partial charge in [-0.1, -0.05) is 38.5 Å². The van der Waals surface area contributed by atoms with Gasteiger partial charge in [0.25, 0.3) is 0 Å². The van der Waals surface area contributed by atoms with Crippen LogP contribution in [0.1, 0.15) is 44.7 Å². The quantitative estimate of drug-likeness (QED) is 0.669. The fourth-order valence-electron chi connectivity index (χ4n) is 2.83. The Morgan fingerprint density at radius 2 is 1.88 bits per heavy atom. The van der Waals surface area contributed by atoms with Crippen molar-refractivity contribution in [1.29, 1.82) is 0 Å². The van der Waals surface area contributed by atoms with Crippen molar-refractivity contribution in [1.82, 2.24) is 5.32 Å². The molecule has 0 saturated carbocycles. The van der Waals surface area contributed by atoms with E-state index in [-0.39, 0.29) is 17.9 Å². The van der Waals surface area contributed by atoms with E-state index >= 15 is 0 Å². The van der Waals surface area contributed by atoms with Gasteiger partial charge in [0, 0.05) is 5.92 Å². The molecule has 136 valence electrons. The van der Waals surface area contributed by atoms with Crippen molar-refractivity contribution < 1.29 is 9.53 Å². The molecule has 0 aliphatic carbocycles. The van der Waals surface area contributed by atoms with E-state index in [9.17, 15) is 4.79 Å². The molecule has 1 aromatic carbocycles. The molecule has 0 radical (unpaired) electrons. The predicted octanol–water partition coefficient (Wildman–Crippen LogP) is 4.60. The van der Waals surface area contributed by atoms with Gasteiger partial charge in [0.2, 0.25) is 5.91 Å². The smallest absolute Gasteiger partial charge is 0.223 e. The summed E-state index contributed by atoms with van der Waals surface area (Å²) < 4.78 is 5.96. The van der Waals surface area contributed by atoms with E-state index in [4.69, 9.17) is 4.74 Å². The van der Waals surface area contributed by atoms with E-state index in [1.165, 1.54) is 0 Å². The van der Waals surface area contributed by atoms with Gasteiger partial charge in [-0.15, -0.1) is 0 Å². The van der Waals surface area contributed by atoms with E-state index in [1.807, 2.05) is 39.0 Å². The topological polar surface area (TPSA) is 38.3 Å². The van der Waals surface area contributed by atoms with Crippen LogP contribution in [-0.4, -0.2) is 30.6 Å². The van der Waals surface area contributed by atoms with Crippen molar-refractivity contribution in [2.24, 2.45) is 11.8 Å². The molecule has 24 heavy (non-hydrogen) atoms. The van der Waals surface area contributed by atoms with Gasteiger partial charge in [0.15, 0.2) is 0 Å². The van der Waals surface area contributed by atoms with Gasteiger partial charge in [-0.25, -0.2) is 0 Å². The minimum atomic E-state index is -0.00246. The second kappa shape index (κ2) is 10.7. The lowest BCUT2D eigenvalue weighted by molar-refractivity contribution is -0.127. The number of nitrogens with one attached hydrogen (secondary N) is 1. The fraction of sp³-hybridized carbons (Fsp3) is 0.650. The maximum absolute atomic E-state index is 12.6. The number of ether oxygens (including phenoxy) is 1. The van der Waals surface area contributed by atoms with Crippen LogP contribution in [0.15, 0.2) is 18.2 Å². The summed E-state index contributed by atoms with van der Waals surface area (Å²) in [5, 5.41) is 3.14. The lowest BCUT2D eigenvalue weighted by Gasteiger charge is -2.24. The molecule has 3 unspecified atom stereocenters. The second-order valence-electron chi connectivity index (χ2n) is 6.72. The number of carbonyl (C=O) groups is 1. The minimum absolute atomic E-state index is 0.00246. The second-order valence-corrected chi connectivity index (χ2v) is 7.70. The van der Waals surface area contributed by atoms with E-state index in [0.717, 1.165) is 35.5 Å². The zero-order valence-electron chi connectivity index (χ0n) is 16.0. The van der Waals surface area contributed by atoms with Crippen molar-refractivity contribution in [3.05, 3.63) is 29.3 Å². The average molecular weight is 352 g/mol. The SMILES string of the molecule is CCC(C)C(CCSC)C(=O)NC(C)COc1c(C)cccc1C. The number of para-hydroxylation sites is 1. The summed E-state index contributed by atoms with van der Waals surface area (Å²) in [6.07, 6.45) is 4.05. The first-order valence-electron chi connectivity index (χ1n) is 8.89. The number of carbonyl (C=O) groups excluding carboxylic acids is 1. The van der Waals surface area contributed by atoms with Crippen LogP contribution in [0.2, 0.25) is 0 Å². The zero-order chi connectivity index (χ0) is 18.1. The van der Waals surface area contributed by atoms with Crippen LogP contribution in [0.5, 0.6) is 5.75 Å². The molecule has 0 heterocycles. The van der Waals surface area contributed by atoms with Crippen LogP contribution in [0.25, 0.3) is 0 Å². The first-order valence-corrected chi connectivity index (χ1v) is 10.3. The third kappa shape index (κ3) is 6.39. The first-order chi connectivity index (χ1) is 11.4. The van der Waals surface area contributed by atoms with Crippen LogP contribution in [0.3, 0.4) is 0 Å². The normalized spacial score (nSPS) is 14.8. The van der Waals surface area contributed by atoms with Crippen LogP contribution in [-0.2, 0) is 4.79 Å². The molecule has 1 amide bonds. The van der Waals surface area contributed by atoms with E-state index in [0.29, 0.717) is 12.5 Å². The minimum Gasteiger partial charge on any atom is -0.491 e. The maximum atomic E-state index is 12.6. The molecular weight excluding hydrogens is 318 g/mol. The molecule has 1 N–H and O–H groups in total. The van der Waals surface area contributed by atoms with Crippen LogP contribution in [0, 0.1) is 25.7 Å². The predicted molar refractivity (Wildman–Crippen MR) is 105 cm³/mol. The van der Waals surface area contributed by atoms with E-state index in [2.05, 4.69) is 25.4 Å². The van der Waals surface area contributed by atoms with Crippen molar-refractivity contribution >= 4 is 17.7 Å². The van der Waals surface area contributed by atoms with E-state index < -0.39 is 0 Å². The average Bonchev–Trinajstić information content (AvgIpc) is 2.54. The molecule has 1 rings (SSSR count). The van der Waals surface area contributed by atoms with Gasteiger partial charge < -0.3 is 10.1 Å². The molecule has 3 nitrogen and oxygen atoms in total. The van der Waals surface area contributed by atoms with Gasteiger partial charge in [-0.05, 0) is 56.2 Å². The number of benzene rings is 1. The lowest BCUT2D eigenvalue weighted by atomic mass is 9.88. The molecule has 0 saturated heterocycles. The molecule has 0 aliphatic heterocycles. The van der Waals surface area contributed by atoms with Gasteiger partial charge in [-0.3, -0.25) is 4.79 Å². The Kier molecular flexibility index (Phi) is 9.27. The Morgan fingerprint density at radius 3 is 2.42 bits per heavy atom. The highest BCUT2D eigenvalue weighted by atomic mass is 32.2. The fourth-order valence-corrected chi connectivity index (χ4v) is 3.32.